The summed E-state index contributed by atoms with van der Waals surface area (Å²) in [6.45, 7) is -0.393. The van der Waals surface area contributed by atoms with E-state index in [1.165, 1.54) is 21.3 Å². The SMILES string of the molecule is Nc1cc(=O)n([C@@H]2O[C@H](COC(=O)c3ccccc3)[C@@H](OC(=O)c3ccccc3)[C@H]2OC(=O)c2ccccc2)c2ccnn12. The Labute approximate surface area is 250 Å². The molecule has 3 aromatic carbocycles. The molecule has 222 valence electrons. The van der Waals surface area contributed by atoms with Crippen LogP contribution in [0.5, 0.6) is 0 Å². The van der Waals surface area contributed by atoms with Crippen molar-refractivity contribution >= 4 is 29.4 Å². The third kappa shape index (κ3) is 5.65. The van der Waals surface area contributed by atoms with E-state index >= 15 is 0 Å². The zero-order chi connectivity index (χ0) is 30.6. The van der Waals surface area contributed by atoms with Gasteiger partial charge >= 0.3 is 17.9 Å². The number of fused-ring (bicyclic) bond motifs is 1. The van der Waals surface area contributed by atoms with Crippen LogP contribution in [-0.2, 0) is 18.9 Å². The molecular formula is C32H26N4O8. The predicted octanol–water partition coefficient (Wildman–Crippen LogP) is 3.28. The summed E-state index contributed by atoms with van der Waals surface area (Å²) in [6, 6.07) is 27.4. The first kappa shape index (κ1) is 28.4. The third-order valence-electron chi connectivity index (χ3n) is 7.06. The number of ether oxygens (including phenoxy) is 4. The number of carbonyl (C=O) groups excluding carboxylic acids is 3. The summed E-state index contributed by atoms with van der Waals surface area (Å²) in [4.78, 5) is 52.9. The Morgan fingerprint density at radius 2 is 1.27 bits per heavy atom. The third-order valence-corrected chi connectivity index (χ3v) is 7.06. The van der Waals surface area contributed by atoms with Gasteiger partial charge in [0.05, 0.1) is 22.9 Å². The van der Waals surface area contributed by atoms with Crippen molar-refractivity contribution in [1.82, 2.24) is 14.2 Å². The summed E-state index contributed by atoms with van der Waals surface area (Å²) in [5.74, 6) is -2.06. The number of nitrogens with zero attached hydrogens (tertiary/aromatic N) is 3. The van der Waals surface area contributed by atoms with Gasteiger partial charge < -0.3 is 24.7 Å². The second kappa shape index (κ2) is 12.2. The van der Waals surface area contributed by atoms with Gasteiger partial charge in [-0.05, 0) is 36.4 Å². The molecule has 1 fully saturated rings. The second-order valence-electron chi connectivity index (χ2n) is 9.88. The maximum absolute atomic E-state index is 13.4. The van der Waals surface area contributed by atoms with Crippen molar-refractivity contribution in [2.75, 3.05) is 12.3 Å². The second-order valence-corrected chi connectivity index (χ2v) is 9.88. The van der Waals surface area contributed by atoms with Crippen molar-refractivity contribution in [3.8, 4) is 0 Å². The molecule has 0 spiro atoms. The molecule has 0 bridgehead atoms. The molecule has 44 heavy (non-hydrogen) atoms. The van der Waals surface area contributed by atoms with E-state index in [0.29, 0.717) is 5.56 Å². The molecule has 0 saturated carbocycles. The van der Waals surface area contributed by atoms with E-state index in [1.807, 2.05) is 0 Å². The van der Waals surface area contributed by atoms with Gasteiger partial charge in [0.25, 0.3) is 5.56 Å². The Morgan fingerprint density at radius 1 is 0.750 bits per heavy atom. The van der Waals surface area contributed by atoms with Gasteiger partial charge in [-0.1, -0.05) is 54.6 Å². The number of esters is 3. The monoisotopic (exact) mass is 594 g/mol. The van der Waals surface area contributed by atoms with Crippen molar-refractivity contribution in [3.63, 3.8) is 0 Å². The molecule has 12 nitrogen and oxygen atoms in total. The van der Waals surface area contributed by atoms with Crippen molar-refractivity contribution in [2.24, 2.45) is 0 Å². The maximum atomic E-state index is 13.4. The van der Waals surface area contributed by atoms with Gasteiger partial charge in [-0.2, -0.15) is 5.10 Å². The number of rotatable bonds is 8. The summed E-state index contributed by atoms with van der Waals surface area (Å²) in [5, 5.41) is 4.16. The predicted molar refractivity (Wildman–Crippen MR) is 156 cm³/mol. The van der Waals surface area contributed by atoms with E-state index in [2.05, 4.69) is 5.10 Å². The van der Waals surface area contributed by atoms with E-state index in [1.54, 1.807) is 91.0 Å². The molecule has 1 aliphatic heterocycles. The molecule has 0 radical (unpaired) electrons. The minimum Gasteiger partial charge on any atom is -0.459 e. The molecule has 5 aromatic rings. The Bertz CT molecular complexity index is 1860. The molecule has 3 heterocycles. The molecule has 1 saturated heterocycles. The van der Waals surface area contributed by atoms with Crippen molar-refractivity contribution in [3.05, 3.63) is 136 Å². The van der Waals surface area contributed by atoms with Crippen LogP contribution in [0.1, 0.15) is 37.3 Å². The van der Waals surface area contributed by atoms with Gasteiger partial charge in [-0.15, -0.1) is 0 Å². The summed E-state index contributed by atoms with van der Waals surface area (Å²) in [6.07, 6.45) is -3.72. The molecule has 1 aliphatic rings. The van der Waals surface area contributed by atoms with E-state index < -0.39 is 54.6 Å². The van der Waals surface area contributed by atoms with Crippen LogP contribution in [-0.4, -0.2) is 57.0 Å². The van der Waals surface area contributed by atoms with Gasteiger partial charge in [-0.3, -0.25) is 9.36 Å². The molecule has 2 N–H and O–H groups in total. The van der Waals surface area contributed by atoms with Gasteiger partial charge in [-0.25, -0.2) is 18.9 Å². The first-order chi connectivity index (χ1) is 21.4. The summed E-state index contributed by atoms with van der Waals surface area (Å²) in [5.41, 5.74) is 6.40. The largest absolute Gasteiger partial charge is 0.459 e. The fraction of sp³-hybridized carbons (Fsp3) is 0.156. The van der Waals surface area contributed by atoms with Crippen LogP contribution in [0.3, 0.4) is 0 Å². The molecule has 0 amide bonds. The first-order valence-corrected chi connectivity index (χ1v) is 13.6. The smallest absolute Gasteiger partial charge is 0.338 e. The number of benzene rings is 3. The average Bonchev–Trinajstić information content (AvgIpc) is 3.67. The van der Waals surface area contributed by atoms with Crippen LogP contribution in [0.15, 0.2) is 114 Å². The number of hydrogen-bond acceptors (Lipinski definition) is 10. The van der Waals surface area contributed by atoms with Gasteiger partial charge in [0.15, 0.2) is 18.4 Å². The van der Waals surface area contributed by atoms with Crippen LogP contribution in [0.25, 0.3) is 5.65 Å². The lowest BCUT2D eigenvalue weighted by atomic mass is 10.1. The molecule has 2 aromatic heterocycles. The molecular weight excluding hydrogens is 568 g/mol. The maximum Gasteiger partial charge on any atom is 0.338 e. The van der Waals surface area contributed by atoms with Crippen molar-refractivity contribution in [2.45, 2.75) is 24.5 Å². The summed E-state index contributed by atoms with van der Waals surface area (Å²) < 4.78 is 26.2. The highest BCUT2D eigenvalue weighted by Crippen LogP contribution is 2.36. The molecule has 4 atom stereocenters. The first-order valence-electron chi connectivity index (χ1n) is 13.6. The van der Waals surface area contributed by atoms with E-state index in [9.17, 15) is 19.2 Å². The standard InChI is InChI=1S/C32H26N4O8/c33-24-18-26(37)35(25-16-17-34-36(24)25)29-28(44-32(40)22-14-8-3-9-15-22)27(43-31(39)21-12-6-2-7-13-21)23(42-29)19-41-30(38)20-10-4-1-5-11-20/h1-18,23,27-29H,19,33H2/t23-,27-,28-,29-/m1/s1. The topological polar surface area (TPSA) is 153 Å². The number of nitrogen functional groups attached to an aromatic ring is 1. The van der Waals surface area contributed by atoms with Crippen LogP contribution in [0, 0.1) is 0 Å². The molecule has 0 unspecified atom stereocenters. The Balaban J connectivity index is 1.41. The van der Waals surface area contributed by atoms with Crippen molar-refractivity contribution in [1.29, 1.82) is 0 Å². The normalized spacial score (nSPS) is 19.4. The van der Waals surface area contributed by atoms with Crippen LogP contribution in [0.4, 0.5) is 5.82 Å². The molecule has 6 rings (SSSR count). The van der Waals surface area contributed by atoms with Crippen LogP contribution >= 0.6 is 0 Å². The zero-order valence-corrected chi connectivity index (χ0v) is 23.1. The Hall–Kier alpha value is -5.75. The number of hydrogen-bond donors (Lipinski definition) is 1. The molecule has 12 heteroatoms. The fourth-order valence-corrected chi connectivity index (χ4v) is 4.97. The minimum absolute atomic E-state index is 0.0717. The Kier molecular flexibility index (Phi) is 7.89. The lowest BCUT2D eigenvalue weighted by Crippen LogP contribution is -2.42. The van der Waals surface area contributed by atoms with Gasteiger partial charge in [0.2, 0.25) is 0 Å². The zero-order valence-electron chi connectivity index (χ0n) is 23.1. The lowest BCUT2D eigenvalue weighted by molar-refractivity contribution is -0.0619. The Morgan fingerprint density at radius 3 is 1.84 bits per heavy atom. The van der Waals surface area contributed by atoms with E-state index in [-0.39, 0.29) is 22.6 Å². The van der Waals surface area contributed by atoms with Gasteiger partial charge in [0, 0.05) is 12.1 Å². The highest BCUT2D eigenvalue weighted by Gasteiger charge is 2.52. The minimum atomic E-state index is -1.36. The van der Waals surface area contributed by atoms with Crippen molar-refractivity contribution < 1.29 is 33.3 Å². The summed E-state index contributed by atoms with van der Waals surface area (Å²) in [7, 11) is 0. The summed E-state index contributed by atoms with van der Waals surface area (Å²) >= 11 is 0. The fourth-order valence-electron chi connectivity index (χ4n) is 4.97. The van der Waals surface area contributed by atoms with E-state index in [4.69, 9.17) is 24.7 Å². The van der Waals surface area contributed by atoms with Crippen LogP contribution in [0.2, 0.25) is 0 Å². The lowest BCUT2D eigenvalue weighted by Gasteiger charge is -2.25. The number of aromatic nitrogens is 3. The highest BCUT2D eigenvalue weighted by molar-refractivity contribution is 5.91. The number of nitrogens with two attached hydrogens (primary N) is 1. The quantitative estimate of drug-likeness (QED) is 0.209. The van der Waals surface area contributed by atoms with E-state index in [0.717, 1.165) is 6.07 Å². The molecule has 0 aliphatic carbocycles. The van der Waals surface area contributed by atoms with Crippen LogP contribution < -0.4 is 11.3 Å². The average molecular weight is 595 g/mol. The number of carbonyl (C=O) groups is 3. The highest BCUT2D eigenvalue weighted by atomic mass is 16.7. The van der Waals surface area contributed by atoms with Gasteiger partial charge in [0.1, 0.15) is 24.2 Å². The number of anilines is 1.